The van der Waals surface area contributed by atoms with Crippen LogP contribution >= 0.6 is 21.6 Å². The zero-order valence-corrected chi connectivity index (χ0v) is 11.1. The highest BCUT2D eigenvalue weighted by Crippen LogP contribution is 2.28. The third kappa shape index (κ3) is 3.14. The van der Waals surface area contributed by atoms with Gasteiger partial charge in [0.1, 0.15) is 0 Å². The lowest BCUT2D eigenvalue weighted by Gasteiger charge is -2.02. The van der Waals surface area contributed by atoms with Gasteiger partial charge in [-0.3, -0.25) is 4.79 Å². The van der Waals surface area contributed by atoms with Gasteiger partial charge in [-0.15, -0.1) is 0 Å². The van der Waals surface area contributed by atoms with Crippen LogP contribution < -0.4 is 0 Å². The molecule has 0 amide bonds. The molecule has 0 aliphatic heterocycles. The van der Waals surface area contributed by atoms with E-state index in [0.29, 0.717) is 0 Å². The van der Waals surface area contributed by atoms with Crippen LogP contribution in [-0.4, -0.2) is 12.0 Å². The molecule has 0 bridgehead atoms. The number of rotatable bonds is 4. The smallest absolute Gasteiger partial charge is 0.193 e. The zero-order valence-electron chi connectivity index (χ0n) is 9.42. The van der Waals surface area contributed by atoms with Crippen LogP contribution in [0.5, 0.6) is 0 Å². The molecular formula is C14H12OS2. The van der Waals surface area contributed by atoms with Crippen LogP contribution in [0.3, 0.4) is 0 Å². The van der Waals surface area contributed by atoms with Crippen LogP contribution in [0.15, 0.2) is 59.5 Å². The summed E-state index contributed by atoms with van der Waals surface area (Å²) in [5.41, 5.74) is 1.47. The molecular weight excluding hydrogens is 248 g/mol. The second-order valence-corrected chi connectivity index (χ2v) is 5.94. The van der Waals surface area contributed by atoms with Gasteiger partial charge in [-0.1, -0.05) is 51.9 Å². The Morgan fingerprint density at radius 1 is 0.882 bits per heavy atom. The Morgan fingerprint density at radius 2 is 1.47 bits per heavy atom. The maximum atomic E-state index is 12.1. The number of ketones is 1. The lowest BCUT2D eigenvalue weighted by atomic mass is 10.0. The normalized spacial score (nSPS) is 10.2. The molecule has 0 aromatic heterocycles. The maximum Gasteiger partial charge on any atom is 0.193 e. The third-order valence-electron chi connectivity index (χ3n) is 2.33. The Bertz CT molecular complexity index is 491. The lowest BCUT2D eigenvalue weighted by molar-refractivity contribution is 0.103. The van der Waals surface area contributed by atoms with E-state index < -0.39 is 0 Å². The Morgan fingerprint density at radius 3 is 2.06 bits per heavy atom. The Hall–Kier alpha value is -1.19. The highest BCUT2D eigenvalue weighted by Gasteiger charge is 2.07. The molecule has 0 saturated heterocycles. The van der Waals surface area contributed by atoms with E-state index in [1.807, 2.05) is 60.9 Å². The summed E-state index contributed by atoms with van der Waals surface area (Å²) in [7, 11) is 3.39. The molecule has 0 aliphatic carbocycles. The van der Waals surface area contributed by atoms with Crippen molar-refractivity contribution in [3.05, 3.63) is 65.7 Å². The monoisotopic (exact) mass is 260 g/mol. The molecule has 0 saturated carbocycles. The molecule has 0 aliphatic rings. The van der Waals surface area contributed by atoms with Crippen LogP contribution in [-0.2, 0) is 0 Å². The van der Waals surface area contributed by atoms with Gasteiger partial charge in [0.15, 0.2) is 5.78 Å². The highest BCUT2D eigenvalue weighted by molar-refractivity contribution is 8.76. The summed E-state index contributed by atoms with van der Waals surface area (Å²) >= 11 is 0. The Balaban J connectivity index is 2.20. The van der Waals surface area contributed by atoms with Gasteiger partial charge in [0.25, 0.3) is 0 Å². The first-order chi connectivity index (χ1) is 8.31. The van der Waals surface area contributed by atoms with Gasteiger partial charge in [-0.05, 0) is 30.5 Å². The van der Waals surface area contributed by atoms with E-state index in [4.69, 9.17) is 0 Å². The molecule has 0 atom stereocenters. The molecule has 1 nitrogen and oxygen atoms in total. The Kier molecular flexibility index (Phi) is 4.29. The number of hydrogen-bond donors (Lipinski definition) is 0. The van der Waals surface area contributed by atoms with Crippen molar-refractivity contribution in [3.8, 4) is 0 Å². The molecule has 86 valence electrons. The predicted molar refractivity (Wildman–Crippen MR) is 75.7 cm³/mol. The number of carbonyl (C=O) groups excluding carboxylic acids is 1. The molecule has 17 heavy (non-hydrogen) atoms. The van der Waals surface area contributed by atoms with E-state index in [1.54, 1.807) is 21.6 Å². The summed E-state index contributed by atoms with van der Waals surface area (Å²) in [6.07, 6.45) is 2.04. The molecule has 0 N–H and O–H groups in total. The second kappa shape index (κ2) is 5.94. The zero-order chi connectivity index (χ0) is 12.1. The van der Waals surface area contributed by atoms with Crippen molar-refractivity contribution >= 4 is 27.4 Å². The van der Waals surface area contributed by atoms with Crippen LogP contribution in [0.2, 0.25) is 0 Å². The highest BCUT2D eigenvalue weighted by atomic mass is 33.1. The summed E-state index contributed by atoms with van der Waals surface area (Å²) in [6.45, 7) is 0. The quantitative estimate of drug-likeness (QED) is 0.603. The summed E-state index contributed by atoms with van der Waals surface area (Å²) in [4.78, 5) is 13.3. The predicted octanol–water partition coefficient (Wildman–Crippen LogP) is 4.29. The maximum absolute atomic E-state index is 12.1. The molecule has 0 unspecified atom stereocenters. The minimum Gasteiger partial charge on any atom is -0.289 e. The first-order valence-electron chi connectivity index (χ1n) is 5.22. The van der Waals surface area contributed by atoms with Crippen LogP contribution in [0.4, 0.5) is 0 Å². The molecule has 2 aromatic rings. The van der Waals surface area contributed by atoms with Crippen LogP contribution in [0.1, 0.15) is 15.9 Å². The molecule has 0 spiro atoms. The minimum absolute atomic E-state index is 0.0753. The number of carbonyl (C=O) groups is 1. The molecule has 2 rings (SSSR count). The van der Waals surface area contributed by atoms with Gasteiger partial charge in [-0.2, -0.15) is 0 Å². The van der Waals surface area contributed by atoms with Crippen molar-refractivity contribution in [1.82, 2.24) is 0 Å². The van der Waals surface area contributed by atoms with E-state index in [2.05, 4.69) is 0 Å². The average Bonchev–Trinajstić information content (AvgIpc) is 2.40. The van der Waals surface area contributed by atoms with Crippen molar-refractivity contribution < 1.29 is 4.79 Å². The fourth-order valence-electron chi connectivity index (χ4n) is 1.51. The van der Waals surface area contributed by atoms with E-state index >= 15 is 0 Å². The summed E-state index contributed by atoms with van der Waals surface area (Å²) in [6, 6.07) is 17.1. The molecule has 3 heteroatoms. The lowest BCUT2D eigenvalue weighted by Crippen LogP contribution is -2.00. The standard InChI is InChI=1S/C14H12OS2/c1-16-17-13-9-7-12(8-10-13)14(15)11-5-3-2-4-6-11/h2-10H,1H3. The minimum atomic E-state index is 0.0753. The van der Waals surface area contributed by atoms with Gasteiger partial charge < -0.3 is 0 Å². The first-order valence-corrected chi connectivity index (χ1v) is 7.77. The fraction of sp³-hybridized carbons (Fsp3) is 0.0714. The van der Waals surface area contributed by atoms with Gasteiger partial charge in [0.2, 0.25) is 0 Å². The van der Waals surface area contributed by atoms with E-state index in [0.717, 1.165) is 11.1 Å². The third-order valence-corrected chi connectivity index (χ3v) is 4.04. The molecule has 2 aromatic carbocycles. The number of hydrogen-bond acceptors (Lipinski definition) is 3. The van der Waals surface area contributed by atoms with E-state index in [1.165, 1.54) is 4.90 Å². The summed E-state index contributed by atoms with van der Waals surface area (Å²) in [5.74, 6) is 0.0753. The second-order valence-electron chi connectivity index (χ2n) is 3.47. The van der Waals surface area contributed by atoms with Crippen molar-refractivity contribution in [1.29, 1.82) is 0 Å². The van der Waals surface area contributed by atoms with E-state index in [9.17, 15) is 4.79 Å². The van der Waals surface area contributed by atoms with E-state index in [-0.39, 0.29) is 5.78 Å². The molecule has 0 radical (unpaired) electrons. The topological polar surface area (TPSA) is 17.1 Å². The van der Waals surface area contributed by atoms with Crippen LogP contribution in [0.25, 0.3) is 0 Å². The van der Waals surface area contributed by atoms with Crippen molar-refractivity contribution in [2.24, 2.45) is 0 Å². The van der Waals surface area contributed by atoms with Crippen LogP contribution in [0, 0.1) is 0 Å². The van der Waals surface area contributed by atoms with Crippen molar-refractivity contribution in [3.63, 3.8) is 0 Å². The first kappa shape index (κ1) is 12.3. The Labute approximate surface area is 109 Å². The van der Waals surface area contributed by atoms with Crippen molar-refractivity contribution in [2.45, 2.75) is 4.90 Å². The SMILES string of the molecule is CSSc1ccc(C(=O)c2ccccc2)cc1. The summed E-state index contributed by atoms with van der Waals surface area (Å²) < 4.78 is 0. The van der Waals surface area contributed by atoms with Gasteiger partial charge in [-0.25, -0.2) is 0 Å². The summed E-state index contributed by atoms with van der Waals surface area (Å²) in [5, 5.41) is 0. The molecule has 0 heterocycles. The number of benzene rings is 2. The van der Waals surface area contributed by atoms with Crippen molar-refractivity contribution in [2.75, 3.05) is 6.26 Å². The molecule has 0 fully saturated rings. The van der Waals surface area contributed by atoms with Gasteiger partial charge >= 0.3 is 0 Å². The van der Waals surface area contributed by atoms with Gasteiger partial charge in [0.05, 0.1) is 0 Å². The fourth-order valence-corrected chi connectivity index (χ4v) is 2.86. The largest absolute Gasteiger partial charge is 0.289 e. The average molecular weight is 260 g/mol. The van der Waals surface area contributed by atoms with Gasteiger partial charge in [0, 0.05) is 16.0 Å².